The van der Waals surface area contributed by atoms with Crippen LogP contribution in [-0.4, -0.2) is 34.0 Å². The second kappa shape index (κ2) is 12.3. The number of methoxy groups -OCH3 is 1. The Morgan fingerprint density at radius 3 is 1.90 bits per heavy atom. The fraction of sp³-hybridized carbons (Fsp3) is 0.520. The second-order valence-electron chi connectivity index (χ2n) is 9.10. The van der Waals surface area contributed by atoms with Crippen LogP contribution in [0.3, 0.4) is 0 Å². The van der Waals surface area contributed by atoms with Gasteiger partial charge in [-0.2, -0.15) is 0 Å². The molecule has 0 fully saturated rings. The molecule has 0 unspecified atom stereocenters. The molecule has 2 N–H and O–H groups in total. The molecule has 0 heterocycles. The van der Waals surface area contributed by atoms with Crippen LogP contribution in [0, 0.1) is 6.92 Å². The largest absolute Gasteiger partial charge is 0.508 e. The quantitative estimate of drug-likeness (QED) is 0.362. The molecule has 6 heteroatoms. The van der Waals surface area contributed by atoms with Gasteiger partial charge in [0.05, 0.1) is 7.11 Å². The lowest BCUT2D eigenvalue weighted by atomic mass is 10.1. The first-order valence-corrected chi connectivity index (χ1v) is 16.6. The normalized spacial score (nSPS) is 11.4. The number of aryl methyl sites for hydroxylation is 3. The van der Waals surface area contributed by atoms with Gasteiger partial charge in [-0.25, -0.2) is 0 Å². The zero-order valence-electron chi connectivity index (χ0n) is 18.7. The fourth-order valence-corrected chi connectivity index (χ4v) is 12.5. The van der Waals surface area contributed by atoms with E-state index in [2.05, 4.69) is 32.3 Å². The molecule has 0 aliphatic rings. The smallest absolute Gasteiger partial charge is 0.173 e. The summed E-state index contributed by atoms with van der Waals surface area (Å²) in [7, 11) is -1.94. The predicted molar refractivity (Wildman–Crippen MR) is 139 cm³/mol. The molecule has 0 aliphatic carbocycles. The number of phenols is 2. The summed E-state index contributed by atoms with van der Waals surface area (Å²) in [5, 5.41) is 19.4. The van der Waals surface area contributed by atoms with Crippen molar-refractivity contribution in [3.8, 4) is 17.2 Å². The maximum Gasteiger partial charge on any atom is 0.173 e. The van der Waals surface area contributed by atoms with Crippen LogP contribution >= 0.6 is 0 Å². The van der Waals surface area contributed by atoms with Crippen LogP contribution < -0.4 is 4.74 Å². The van der Waals surface area contributed by atoms with Gasteiger partial charge in [-0.3, -0.25) is 0 Å². The molecular formula is C25H44O4Si2. The van der Waals surface area contributed by atoms with Crippen molar-refractivity contribution in [3.05, 3.63) is 53.1 Å². The Bertz CT molecular complexity index is 819. The van der Waals surface area contributed by atoms with Gasteiger partial charge >= 0.3 is 0 Å². The Hall–Kier alpha value is -1.77. The van der Waals surface area contributed by atoms with Crippen molar-refractivity contribution in [2.75, 3.05) is 7.11 Å². The Kier molecular flexibility index (Phi) is 11.6. The van der Waals surface area contributed by atoms with Crippen LogP contribution in [0.25, 0.3) is 0 Å². The summed E-state index contributed by atoms with van der Waals surface area (Å²) in [6.45, 7) is 11.2. The Labute approximate surface area is 192 Å². The molecule has 0 saturated carbocycles. The van der Waals surface area contributed by atoms with E-state index in [-0.39, 0.29) is 20.6 Å². The van der Waals surface area contributed by atoms with E-state index in [4.69, 9.17) is 8.85 Å². The highest BCUT2D eigenvalue weighted by atomic mass is 28.4. The molecule has 4 nitrogen and oxygen atoms in total. The number of aromatic hydroxyl groups is 2. The van der Waals surface area contributed by atoms with Gasteiger partial charge in [-0.05, 0) is 99.4 Å². The van der Waals surface area contributed by atoms with E-state index >= 15 is 0 Å². The molecule has 176 valence electrons. The highest BCUT2D eigenvalue weighted by molar-refractivity contribution is 6.84. The minimum Gasteiger partial charge on any atom is -0.508 e. The maximum atomic E-state index is 9.76. The van der Waals surface area contributed by atoms with Crippen LogP contribution in [0.4, 0.5) is 0 Å². The molecule has 0 atom stereocenters. The molecule has 0 aromatic heterocycles. The third kappa shape index (κ3) is 9.50. The Morgan fingerprint density at radius 1 is 0.774 bits per heavy atom. The maximum absolute atomic E-state index is 9.76. The van der Waals surface area contributed by atoms with E-state index in [1.54, 1.807) is 19.2 Å². The van der Waals surface area contributed by atoms with E-state index in [1.165, 1.54) is 11.1 Å². The van der Waals surface area contributed by atoms with Gasteiger partial charge in [0.1, 0.15) is 5.75 Å². The first kappa shape index (κ1) is 29.2. The molecule has 0 aliphatic heterocycles. The lowest BCUT2D eigenvalue weighted by Gasteiger charge is -2.34. The number of ether oxygens (including phenoxy) is 1. The molecule has 2 rings (SSSR count). The number of hydrogen-bond donors (Lipinski definition) is 2. The SMILES string of the molecule is C.C.COc1cc(CC[Si](C)(C)O[Si](C)(C)CCCc2ccc(O)c(C)c2)ccc1O. The predicted octanol–water partition coefficient (Wildman–Crippen LogP) is 7.29. The highest BCUT2D eigenvalue weighted by Gasteiger charge is 2.32. The average Bonchev–Trinajstić information content (AvgIpc) is 2.63. The number of rotatable bonds is 10. The van der Waals surface area contributed by atoms with Gasteiger partial charge in [-0.1, -0.05) is 33.1 Å². The Morgan fingerprint density at radius 2 is 1.32 bits per heavy atom. The Balaban J connectivity index is 0.00000450. The molecule has 0 spiro atoms. The standard InChI is InChI=1S/C23H36O4Si2.2CH4/c1-18-16-19(9-11-21(18)24)8-7-14-28(3,4)27-29(5,6)15-13-20-10-12-22(25)23(17-20)26-2;;/h9-12,16-17,24-25H,7-8,13-15H2,1-6H3;2*1H4. The average molecular weight is 465 g/mol. The molecule has 0 radical (unpaired) electrons. The molecule has 0 amide bonds. The zero-order chi connectivity index (χ0) is 21.7. The summed E-state index contributed by atoms with van der Waals surface area (Å²) in [6.07, 6.45) is 3.08. The third-order valence-corrected chi connectivity index (χ3v) is 12.8. The third-order valence-electron chi connectivity index (χ3n) is 5.32. The van der Waals surface area contributed by atoms with Crippen molar-refractivity contribution in [1.82, 2.24) is 0 Å². The minimum atomic E-state index is -1.78. The summed E-state index contributed by atoms with van der Waals surface area (Å²) in [4.78, 5) is 0. The van der Waals surface area contributed by atoms with Gasteiger partial charge in [-0.15, -0.1) is 0 Å². The summed E-state index contributed by atoms with van der Waals surface area (Å²) in [6, 6.07) is 13.7. The molecule has 0 bridgehead atoms. The van der Waals surface area contributed by atoms with Gasteiger partial charge in [0.15, 0.2) is 28.1 Å². The second-order valence-corrected chi connectivity index (χ2v) is 18.0. The summed E-state index contributed by atoms with van der Waals surface area (Å²) in [5.41, 5.74) is 3.39. The van der Waals surface area contributed by atoms with Gasteiger partial charge in [0, 0.05) is 0 Å². The summed E-state index contributed by atoms with van der Waals surface area (Å²) >= 11 is 0. The van der Waals surface area contributed by atoms with E-state index in [1.807, 2.05) is 25.1 Å². The van der Waals surface area contributed by atoms with Gasteiger partial charge < -0.3 is 19.1 Å². The molecule has 2 aromatic rings. The minimum absolute atomic E-state index is 0. The first-order chi connectivity index (χ1) is 13.5. The van der Waals surface area contributed by atoms with Crippen LogP contribution in [0.1, 0.15) is 38.0 Å². The van der Waals surface area contributed by atoms with Crippen LogP contribution in [0.5, 0.6) is 17.2 Å². The van der Waals surface area contributed by atoms with E-state index in [0.29, 0.717) is 11.5 Å². The van der Waals surface area contributed by atoms with Crippen molar-refractivity contribution in [1.29, 1.82) is 0 Å². The number of hydrogen-bond acceptors (Lipinski definition) is 4. The number of phenolic OH excluding ortho intramolecular Hbond substituents is 2. The molecule has 0 saturated heterocycles. The van der Waals surface area contributed by atoms with Gasteiger partial charge in [0.2, 0.25) is 0 Å². The fourth-order valence-electron chi connectivity index (χ4n) is 3.76. The zero-order valence-corrected chi connectivity index (χ0v) is 20.7. The van der Waals surface area contributed by atoms with Crippen molar-refractivity contribution < 1.29 is 19.1 Å². The lowest BCUT2D eigenvalue weighted by Crippen LogP contribution is -2.44. The summed E-state index contributed by atoms with van der Waals surface area (Å²) in [5.74, 6) is 1.08. The highest BCUT2D eigenvalue weighted by Crippen LogP contribution is 2.29. The van der Waals surface area contributed by atoms with Crippen molar-refractivity contribution in [2.24, 2.45) is 0 Å². The number of benzene rings is 2. The lowest BCUT2D eigenvalue weighted by molar-refractivity contribution is 0.373. The van der Waals surface area contributed by atoms with Crippen LogP contribution in [-0.2, 0) is 17.0 Å². The summed E-state index contributed by atoms with van der Waals surface area (Å²) < 4.78 is 12.0. The van der Waals surface area contributed by atoms with Crippen molar-refractivity contribution in [2.45, 2.75) is 79.3 Å². The van der Waals surface area contributed by atoms with Crippen LogP contribution in [0.2, 0.25) is 38.3 Å². The van der Waals surface area contributed by atoms with E-state index in [9.17, 15) is 10.2 Å². The molecular weight excluding hydrogens is 420 g/mol. The topological polar surface area (TPSA) is 58.9 Å². The monoisotopic (exact) mass is 464 g/mol. The van der Waals surface area contributed by atoms with Gasteiger partial charge in [0.25, 0.3) is 0 Å². The van der Waals surface area contributed by atoms with E-state index in [0.717, 1.165) is 36.9 Å². The van der Waals surface area contributed by atoms with E-state index < -0.39 is 16.6 Å². The molecule has 2 aromatic carbocycles. The first-order valence-electron chi connectivity index (χ1n) is 10.4. The van der Waals surface area contributed by atoms with Crippen LogP contribution in [0.15, 0.2) is 36.4 Å². The van der Waals surface area contributed by atoms with Crippen molar-refractivity contribution >= 4 is 16.6 Å². The molecule has 31 heavy (non-hydrogen) atoms. The van der Waals surface area contributed by atoms with Crippen molar-refractivity contribution in [3.63, 3.8) is 0 Å².